The van der Waals surface area contributed by atoms with Crippen LogP contribution < -0.4 is 5.32 Å². The summed E-state index contributed by atoms with van der Waals surface area (Å²) in [6, 6.07) is 8.49. The van der Waals surface area contributed by atoms with E-state index < -0.39 is 27.7 Å². The highest BCUT2D eigenvalue weighted by Gasteiger charge is 2.33. The number of ether oxygens (including phenoxy) is 2. The standard InChI is InChI=1S/C25H33F2N3O5S/c1-17(2)30(16-21-22(26)6-5-7-23(21)27)25(31)28-19-8-10-20(11-9-19)36(32,33)29-14-12-18(13-15-29)24(34-3)35-4/h5-11,17-18,24H,12-16H2,1-4H3,(H,28,31). The normalized spacial score (nSPS) is 15.4. The van der Waals surface area contributed by atoms with E-state index in [0.29, 0.717) is 31.6 Å². The van der Waals surface area contributed by atoms with Gasteiger partial charge in [-0.2, -0.15) is 4.31 Å². The Kier molecular flexibility index (Phi) is 9.40. The topological polar surface area (TPSA) is 88.2 Å². The molecule has 0 radical (unpaired) electrons. The fraction of sp³-hybridized carbons (Fsp3) is 0.480. The Hall–Kier alpha value is -2.60. The van der Waals surface area contributed by atoms with Crippen LogP contribution in [0.4, 0.5) is 19.3 Å². The van der Waals surface area contributed by atoms with Crippen LogP contribution in [-0.2, 0) is 26.0 Å². The van der Waals surface area contributed by atoms with E-state index in [2.05, 4.69) is 5.32 Å². The van der Waals surface area contributed by atoms with Crippen LogP contribution in [0.15, 0.2) is 47.4 Å². The lowest BCUT2D eigenvalue weighted by molar-refractivity contribution is -0.144. The van der Waals surface area contributed by atoms with Crippen molar-refractivity contribution in [3.63, 3.8) is 0 Å². The molecule has 1 fully saturated rings. The summed E-state index contributed by atoms with van der Waals surface area (Å²) >= 11 is 0. The predicted octanol–water partition coefficient (Wildman–Crippen LogP) is 4.43. The third-order valence-electron chi connectivity index (χ3n) is 6.37. The molecule has 11 heteroatoms. The lowest BCUT2D eigenvalue weighted by Gasteiger charge is -2.34. The van der Waals surface area contributed by atoms with Gasteiger partial charge in [-0.3, -0.25) is 0 Å². The van der Waals surface area contributed by atoms with E-state index in [4.69, 9.17) is 9.47 Å². The number of hydrogen-bond acceptors (Lipinski definition) is 5. The Morgan fingerprint density at radius 3 is 2.11 bits per heavy atom. The lowest BCUT2D eigenvalue weighted by atomic mass is 9.97. The van der Waals surface area contributed by atoms with Gasteiger partial charge in [-0.1, -0.05) is 6.07 Å². The minimum absolute atomic E-state index is 0.114. The fourth-order valence-corrected chi connectivity index (χ4v) is 5.74. The molecule has 0 aromatic heterocycles. The molecule has 0 unspecified atom stereocenters. The number of nitrogens with one attached hydrogen (secondary N) is 1. The summed E-state index contributed by atoms with van der Waals surface area (Å²) in [6.45, 7) is 3.92. The first-order chi connectivity index (χ1) is 17.1. The number of benzene rings is 2. The lowest BCUT2D eigenvalue weighted by Crippen LogP contribution is -2.42. The molecule has 1 heterocycles. The number of urea groups is 1. The minimum Gasteiger partial charge on any atom is -0.356 e. The van der Waals surface area contributed by atoms with Crippen molar-refractivity contribution in [2.75, 3.05) is 32.6 Å². The largest absolute Gasteiger partial charge is 0.356 e. The number of anilines is 1. The van der Waals surface area contributed by atoms with E-state index in [-0.39, 0.29) is 35.3 Å². The molecule has 0 aliphatic carbocycles. The number of methoxy groups -OCH3 is 2. The zero-order valence-electron chi connectivity index (χ0n) is 20.9. The highest BCUT2D eigenvalue weighted by molar-refractivity contribution is 7.89. The third-order valence-corrected chi connectivity index (χ3v) is 8.28. The van der Waals surface area contributed by atoms with Crippen LogP contribution in [0.3, 0.4) is 0 Å². The van der Waals surface area contributed by atoms with E-state index >= 15 is 0 Å². The summed E-state index contributed by atoms with van der Waals surface area (Å²) in [5, 5.41) is 2.68. The molecule has 1 saturated heterocycles. The summed E-state index contributed by atoms with van der Waals surface area (Å²) in [7, 11) is -0.573. The van der Waals surface area contributed by atoms with Gasteiger partial charge in [0.15, 0.2) is 6.29 Å². The van der Waals surface area contributed by atoms with Gasteiger partial charge >= 0.3 is 6.03 Å². The number of halogens is 2. The maximum atomic E-state index is 14.1. The van der Waals surface area contributed by atoms with Gasteiger partial charge in [0.05, 0.1) is 11.4 Å². The van der Waals surface area contributed by atoms with Crippen LogP contribution in [0, 0.1) is 17.6 Å². The zero-order chi connectivity index (χ0) is 26.5. The summed E-state index contributed by atoms with van der Waals surface area (Å²) in [5.41, 5.74) is 0.161. The number of piperidine rings is 1. The predicted molar refractivity (Wildman–Crippen MR) is 132 cm³/mol. The van der Waals surface area contributed by atoms with Gasteiger partial charge in [-0.15, -0.1) is 0 Å². The van der Waals surface area contributed by atoms with E-state index in [1.165, 1.54) is 39.5 Å². The smallest absolute Gasteiger partial charge is 0.322 e. The van der Waals surface area contributed by atoms with Gasteiger partial charge in [0.25, 0.3) is 0 Å². The molecule has 2 aromatic rings. The highest BCUT2D eigenvalue weighted by Crippen LogP contribution is 2.28. The van der Waals surface area contributed by atoms with E-state index in [1.807, 2.05) is 0 Å². The molecule has 198 valence electrons. The molecule has 1 aliphatic heterocycles. The van der Waals surface area contributed by atoms with Crippen LogP contribution >= 0.6 is 0 Å². The summed E-state index contributed by atoms with van der Waals surface area (Å²) in [6.07, 6.45) is 0.874. The molecule has 2 amide bonds. The minimum atomic E-state index is -3.70. The quantitative estimate of drug-likeness (QED) is 0.490. The average Bonchev–Trinajstić information content (AvgIpc) is 2.85. The fourth-order valence-electron chi connectivity index (χ4n) is 4.27. The number of rotatable bonds is 9. The van der Waals surface area contributed by atoms with Gasteiger partial charge < -0.3 is 19.7 Å². The van der Waals surface area contributed by atoms with E-state index in [1.54, 1.807) is 28.1 Å². The Morgan fingerprint density at radius 2 is 1.61 bits per heavy atom. The molecular formula is C25H33F2N3O5S. The van der Waals surface area contributed by atoms with Crippen molar-refractivity contribution in [2.45, 2.75) is 50.5 Å². The molecular weight excluding hydrogens is 492 g/mol. The summed E-state index contributed by atoms with van der Waals surface area (Å²) in [4.78, 5) is 14.3. The van der Waals surface area contributed by atoms with Crippen LogP contribution in [0.2, 0.25) is 0 Å². The monoisotopic (exact) mass is 525 g/mol. The molecule has 3 rings (SSSR count). The van der Waals surface area contributed by atoms with Gasteiger partial charge in [0.1, 0.15) is 11.6 Å². The van der Waals surface area contributed by atoms with Crippen molar-refractivity contribution < 1.29 is 31.5 Å². The summed E-state index contributed by atoms with van der Waals surface area (Å²) in [5.74, 6) is -1.34. The Morgan fingerprint density at radius 1 is 1.06 bits per heavy atom. The second-order valence-electron chi connectivity index (χ2n) is 8.96. The molecule has 2 aromatic carbocycles. The maximum Gasteiger partial charge on any atom is 0.322 e. The molecule has 1 aliphatic rings. The molecule has 0 bridgehead atoms. The zero-order valence-corrected chi connectivity index (χ0v) is 21.7. The van der Waals surface area contributed by atoms with Crippen LogP contribution in [0.1, 0.15) is 32.3 Å². The van der Waals surface area contributed by atoms with Crippen LogP contribution in [0.25, 0.3) is 0 Å². The number of sulfonamides is 1. The molecule has 8 nitrogen and oxygen atoms in total. The third kappa shape index (κ3) is 6.39. The van der Waals surface area contributed by atoms with Gasteiger partial charge in [0, 0.05) is 50.5 Å². The molecule has 1 N–H and O–H groups in total. The van der Waals surface area contributed by atoms with Crippen molar-refractivity contribution in [2.24, 2.45) is 5.92 Å². The molecule has 0 saturated carbocycles. The SMILES string of the molecule is COC(OC)C1CCN(S(=O)(=O)c2ccc(NC(=O)N(Cc3c(F)cccc3F)C(C)C)cc2)CC1. The van der Waals surface area contributed by atoms with Gasteiger partial charge in [-0.25, -0.2) is 22.0 Å². The van der Waals surface area contributed by atoms with E-state index in [0.717, 1.165) is 12.1 Å². The van der Waals surface area contributed by atoms with Crippen molar-refractivity contribution in [1.82, 2.24) is 9.21 Å². The highest BCUT2D eigenvalue weighted by atomic mass is 32.2. The van der Waals surface area contributed by atoms with Crippen molar-refractivity contribution in [1.29, 1.82) is 0 Å². The second-order valence-corrected chi connectivity index (χ2v) is 10.9. The number of nitrogens with zero attached hydrogens (tertiary/aromatic N) is 2. The second kappa shape index (κ2) is 12.1. The number of amides is 2. The first kappa shape index (κ1) is 28.0. The van der Waals surface area contributed by atoms with Crippen LogP contribution in [0.5, 0.6) is 0 Å². The number of carbonyl (C=O) groups is 1. The maximum absolute atomic E-state index is 14.1. The van der Waals surface area contributed by atoms with Crippen molar-refractivity contribution >= 4 is 21.7 Å². The first-order valence-corrected chi connectivity index (χ1v) is 13.2. The van der Waals surface area contributed by atoms with Crippen LogP contribution in [-0.4, -0.2) is 63.3 Å². The van der Waals surface area contributed by atoms with E-state index in [9.17, 15) is 22.0 Å². The molecule has 0 atom stereocenters. The van der Waals surface area contributed by atoms with Crippen molar-refractivity contribution in [3.05, 3.63) is 59.7 Å². The number of carbonyl (C=O) groups excluding carboxylic acids is 1. The number of hydrogen-bond donors (Lipinski definition) is 1. The molecule has 0 spiro atoms. The molecule has 36 heavy (non-hydrogen) atoms. The van der Waals surface area contributed by atoms with Crippen molar-refractivity contribution in [3.8, 4) is 0 Å². The van der Waals surface area contributed by atoms with Gasteiger partial charge in [-0.05, 0) is 63.1 Å². The van der Waals surface area contributed by atoms with Gasteiger partial charge in [0.2, 0.25) is 10.0 Å². The Balaban J connectivity index is 1.66. The Bertz CT molecular complexity index is 1110. The average molecular weight is 526 g/mol. The Labute approximate surface area is 211 Å². The first-order valence-electron chi connectivity index (χ1n) is 11.7. The summed E-state index contributed by atoms with van der Waals surface area (Å²) < 4.78 is 66.4.